The van der Waals surface area contributed by atoms with E-state index >= 15 is 0 Å². The average Bonchev–Trinajstić information content (AvgIpc) is 2.32. The van der Waals surface area contributed by atoms with Crippen molar-refractivity contribution < 1.29 is 14.4 Å². The van der Waals surface area contributed by atoms with Gasteiger partial charge in [-0.15, -0.1) is 0 Å². The molecule has 0 aromatic heterocycles. The number of hydrogen-bond donors (Lipinski definition) is 2. The molecule has 0 aromatic carbocycles. The minimum atomic E-state index is -0.426. The maximum atomic E-state index is 11.7. The molecule has 1 saturated heterocycles. The number of nitrogens with one attached hydrogen (secondary N) is 2. The highest BCUT2D eigenvalue weighted by Crippen LogP contribution is 2.10. The zero-order valence-corrected chi connectivity index (χ0v) is 10.3. The van der Waals surface area contributed by atoms with Crippen LogP contribution >= 0.6 is 0 Å². The SMILES string of the molecule is CCCNC(=O)CNC1CCC(=O)N(C)C1=O. The van der Waals surface area contributed by atoms with E-state index in [0.29, 0.717) is 19.4 Å². The molecule has 17 heavy (non-hydrogen) atoms. The van der Waals surface area contributed by atoms with Gasteiger partial charge in [-0.25, -0.2) is 0 Å². The minimum Gasteiger partial charge on any atom is -0.355 e. The maximum Gasteiger partial charge on any atom is 0.246 e. The molecule has 0 spiro atoms. The number of carbonyl (C=O) groups is 3. The number of amides is 3. The highest BCUT2D eigenvalue weighted by Gasteiger charge is 2.31. The van der Waals surface area contributed by atoms with Gasteiger partial charge in [-0.05, 0) is 12.8 Å². The van der Waals surface area contributed by atoms with Gasteiger partial charge in [-0.1, -0.05) is 6.92 Å². The second-order valence-corrected chi connectivity index (χ2v) is 4.11. The van der Waals surface area contributed by atoms with Gasteiger partial charge in [0.05, 0.1) is 12.6 Å². The quantitative estimate of drug-likeness (QED) is 0.621. The number of likely N-dealkylation sites (tertiary alicyclic amines) is 1. The Morgan fingerprint density at radius 2 is 2.18 bits per heavy atom. The summed E-state index contributed by atoms with van der Waals surface area (Å²) < 4.78 is 0. The Hall–Kier alpha value is -1.43. The summed E-state index contributed by atoms with van der Waals surface area (Å²) in [4.78, 5) is 35.3. The van der Waals surface area contributed by atoms with Crippen LogP contribution in [0.2, 0.25) is 0 Å². The lowest BCUT2D eigenvalue weighted by Crippen LogP contribution is -2.53. The molecule has 1 unspecified atom stereocenters. The van der Waals surface area contributed by atoms with Crippen molar-refractivity contribution in [3.63, 3.8) is 0 Å². The first kappa shape index (κ1) is 13.6. The lowest BCUT2D eigenvalue weighted by atomic mass is 10.0. The molecular formula is C11H19N3O3. The Bertz CT molecular complexity index is 317. The van der Waals surface area contributed by atoms with Crippen molar-refractivity contribution in [1.82, 2.24) is 15.5 Å². The number of hydrogen-bond acceptors (Lipinski definition) is 4. The maximum absolute atomic E-state index is 11.7. The predicted octanol–water partition coefficient (Wildman–Crippen LogP) is -0.750. The zero-order chi connectivity index (χ0) is 12.8. The van der Waals surface area contributed by atoms with Crippen molar-refractivity contribution in [2.24, 2.45) is 0 Å². The second-order valence-electron chi connectivity index (χ2n) is 4.11. The van der Waals surface area contributed by atoms with Crippen LogP contribution in [0.5, 0.6) is 0 Å². The number of carbonyl (C=O) groups excluding carboxylic acids is 3. The molecule has 2 N–H and O–H groups in total. The van der Waals surface area contributed by atoms with Crippen LogP contribution in [-0.4, -0.2) is 48.8 Å². The largest absolute Gasteiger partial charge is 0.355 e. The standard InChI is InChI=1S/C11H19N3O3/c1-3-6-12-9(15)7-13-8-4-5-10(16)14(2)11(8)17/h8,13H,3-7H2,1-2H3,(H,12,15). The smallest absolute Gasteiger partial charge is 0.246 e. The summed E-state index contributed by atoms with van der Waals surface area (Å²) in [5, 5.41) is 5.59. The lowest BCUT2D eigenvalue weighted by Gasteiger charge is -2.28. The third-order valence-corrected chi connectivity index (χ3v) is 2.73. The Balaban J connectivity index is 2.34. The molecule has 1 fully saturated rings. The van der Waals surface area contributed by atoms with Gasteiger partial charge in [0.15, 0.2) is 0 Å². The highest BCUT2D eigenvalue weighted by molar-refractivity contribution is 6.00. The van der Waals surface area contributed by atoms with Crippen molar-refractivity contribution in [2.75, 3.05) is 20.1 Å². The fourth-order valence-electron chi connectivity index (χ4n) is 1.65. The van der Waals surface area contributed by atoms with Gasteiger partial charge in [0, 0.05) is 20.0 Å². The number of nitrogens with zero attached hydrogens (tertiary/aromatic N) is 1. The Morgan fingerprint density at radius 3 is 2.82 bits per heavy atom. The van der Waals surface area contributed by atoms with Crippen molar-refractivity contribution in [3.8, 4) is 0 Å². The predicted molar refractivity (Wildman–Crippen MR) is 62.1 cm³/mol. The van der Waals surface area contributed by atoms with Gasteiger partial charge >= 0.3 is 0 Å². The van der Waals surface area contributed by atoms with E-state index in [1.807, 2.05) is 6.92 Å². The molecule has 0 aromatic rings. The fourth-order valence-corrected chi connectivity index (χ4v) is 1.65. The van der Waals surface area contributed by atoms with Crippen LogP contribution in [0.4, 0.5) is 0 Å². The van der Waals surface area contributed by atoms with Crippen LogP contribution in [0.1, 0.15) is 26.2 Å². The summed E-state index contributed by atoms with van der Waals surface area (Å²) in [5.74, 6) is -0.549. The molecule has 1 aliphatic rings. The summed E-state index contributed by atoms with van der Waals surface area (Å²) in [7, 11) is 1.47. The normalized spacial score (nSPS) is 20.6. The number of imide groups is 1. The van der Waals surface area contributed by atoms with E-state index in [4.69, 9.17) is 0 Å². The van der Waals surface area contributed by atoms with Crippen LogP contribution in [0, 0.1) is 0 Å². The number of piperidine rings is 1. The monoisotopic (exact) mass is 241 g/mol. The average molecular weight is 241 g/mol. The summed E-state index contributed by atoms with van der Waals surface area (Å²) in [5.41, 5.74) is 0. The molecule has 0 saturated carbocycles. The molecule has 1 rings (SSSR count). The number of likely N-dealkylation sites (N-methyl/N-ethyl adjacent to an activating group) is 1. The molecular weight excluding hydrogens is 222 g/mol. The summed E-state index contributed by atoms with van der Waals surface area (Å²) in [6, 6.07) is -0.426. The van der Waals surface area contributed by atoms with E-state index in [2.05, 4.69) is 10.6 Å². The molecule has 1 aliphatic heterocycles. The summed E-state index contributed by atoms with van der Waals surface area (Å²) in [6.07, 6.45) is 1.69. The second kappa shape index (κ2) is 6.34. The van der Waals surface area contributed by atoms with Crippen molar-refractivity contribution in [3.05, 3.63) is 0 Å². The van der Waals surface area contributed by atoms with Gasteiger partial charge < -0.3 is 5.32 Å². The third-order valence-electron chi connectivity index (χ3n) is 2.73. The van der Waals surface area contributed by atoms with E-state index in [-0.39, 0.29) is 24.3 Å². The van der Waals surface area contributed by atoms with Crippen molar-refractivity contribution in [1.29, 1.82) is 0 Å². The first-order chi connectivity index (χ1) is 8.06. The molecule has 6 nitrogen and oxygen atoms in total. The van der Waals surface area contributed by atoms with Crippen LogP contribution in [-0.2, 0) is 14.4 Å². The highest BCUT2D eigenvalue weighted by atomic mass is 16.2. The fraction of sp³-hybridized carbons (Fsp3) is 0.727. The summed E-state index contributed by atoms with van der Waals surface area (Å²) >= 11 is 0. The van der Waals surface area contributed by atoms with Gasteiger partial charge in [0.25, 0.3) is 0 Å². The number of rotatable bonds is 5. The molecule has 0 aliphatic carbocycles. The molecule has 3 amide bonds. The van der Waals surface area contributed by atoms with E-state index in [1.54, 1.807) is 0 Å². The third kappa shape index (κ3) is 3.81. The van der Waals surface area contributed by atoms with Crippen molar-refractivity contribution >= 4 is 17.7 Å². The van der Waals surface area contributed by atoms with E-state index in [9.17, 15) is 14.4 Å². The lowest BCUT2D eigenvalue weighted by molar-refractivity contribution is -0.148. The Morgan fingerprint density at radius 1 is 1.47 bits per heavy atom. The van der Waals surface area contributed by atoms with Gasteiger partial charge in [0.1, 0.15) is 0 Å². The van der Waals surface area contributed by atoms with Gasteiger partial charge in [-0.2, -0.15) is 0 Å². The Kier molecular flexibility index (Phi) is 5.09. The van der Waals surface area contributed by atoms with E-state index in [1.165, 1.54) is 7.05 Å². The molecule has 0 bridgehead atoms. The first-order valence-electron chi connectivity index (χ1n) is 5.86. The Labute approximate surface area is 101 Å². The van der Waals surface area contributed by atoms with Crippen LogP contribution in [0.15, 0.2) is 0 Å². The molecule has 1 atom stereocenters. The van der Waals surface area contributed by atoms with Crippen molar-refractivity contribution in [2.45, 2.75) is 32.2 Å². The summed E-state index contributed by atoms with van der Waals surface area (Å²) in [6.45, 7) is 2.72. The van der Waals surface area contributed by atoms with Gasteiger partial charge in [0.2, 0.25) is 17.7 Å². The molecule has 0 radical (unpaired) electrons. The van der Waals surface area contributed by atoms with E-state index < -0.39 is 6.04 Å². The molecule has 1 heterocycles. The molecule has 6 heteroatoms. The topological polar surface area (TPSA) is 78.5 Å². The van der Waals surface area contributed by atoms with Crippen LogP contribution in [0.3, 0.4) is 0 Å². The molecule has 96 valence electrons. The van der Waals surface area contributed by atoms with Crippen LogP contribution < -0.4 is 10.6 Å². The first-order valence-corrected chi connectivity index (χ1v) is 5.86. The zero-order valence-electron chi connectivity index (χ0n) is 10.3. The van der Waals surface area contributed by atoms with E-state index in [0.717, 1.165) is 11.3 Å². The minimum absolute atomic E-state index is 0.110. The van der Waals surface area contributed by atoms with Crippen LogP contribution in [0.25, 0.3) is 0 Å². The van der Waals surface area contributed by atoms with Gasteiger partial charge in [-0.3, -0.25) is 24.6 Å².